The van der Waals surface area contributed by atoms with Crippen LogP contribution in [0.15, 0.2) is 36.4 Å². The molecule has 5 rings (SSSR count). The van der Waals surface area contributed by atoms with Crippen LogP contribution in [0.5, 0.6) is 0 Å². The topological polar surface area (TPSA) is 102 Å². The molecule has 2 fully saturated rings. The van der Waals surface area contributed by atoms with Gasteiger partial charge in [0.2, 0.25) is 0 Å². The minimum Gasteiger partial charge on any atom is -0.478 e. The Labute approximate surface area is 193 Å². The maximum atomic E-state index is 11.7. The smallest absolute Gasteiger partial charge is 0.337 e. The first-order chi connectivity index (χ1) is 15.9. The van der Waals surface area contributed by atoms with Crippen LogP contribution in [-0.4, -0.2) is 33.6 Å². The molecule has 2 aliphatic rings. The number of aromatic carboxylic acids is 1. The maximum absolute atomic E-state index is 11.7. The van der Waals surface area contributed by atoms with Crippen molar-refractivity contribution in [2.75, 3.05) is 16.8 Å². The molecule has 1 aliphatic heterocycles. The summed E-state index contributed by atoms with van der Waals surface area (Å²) in [4.78, 5) is 23.7. The SMILES string of the molecule is Cc1cc([C@@H](C)Nc2ccccc2C(=O)O)c2nc(N3CC4CC3CC4C)c(C#N)nc2c1. The summed E-state index contributed by atoms with van der Waals surface area (Å²) in [6.07, 6.45) is 2.27. The molecule has 1 saturated carbocycles. The number of nitriles is 1. The standard InChI is InChI=1S/C26H27N5O2/c1-14-8-20(16(3)28-21-7-5-4-6-19(21)26(32)33)24-22(9-14)29-23(12-27)25(30-24)31-13-17-11-18(31)10-15(17)2/h4-9,15-18,28H,10-11,13H2,1-3H3,(H,32,33)/t15?,16-,17?,18?/m1/s1. The first-order valence-corrected chi connectivity index (χ1v) is 11.4. The number of fused-ring (bicyclic) bond motifs is 3. The highest BCUT2D eigenvalue weighted by Crippen LogP contribution is 2.44. The number of aryl methyl sites for hydroxylation is 1. The first-order valence-electron chi connectivity index (χ1n) is 11.4. The Bertz CT molecular complexity index is 1300. The van der Waals surface area contributed by atoms with E-state index in [-0.39, 0.29) is 11.6 Å². The van der Waals surface area contributed by atoms with E-state index in [4.69, 9.17) is 9.97 Å². The average Bonchev–Trinajstić information content (AvgIpc) is 3.37. The molecule has 1 saturated heterocycles. The number of carbonyl (C=O) groups is 1. The van der Waals surface area contributed by atoms with Gasteiger partial charge in [-0.1, -0.05) is 25.1 Å². The Morgan fingerprint density at radius 1 is 1.27 bits per heavy atom. The molecular weight excluding hydrogens is 414 g/mol. The van der Waals surface area contributed by atoms with Crippen molar-refractivity contribution in [1.29, 1.82) is 5.26 Å². The van der Waals surface area contributed by atoms with Gasteiger partial charge in [0.15, 0.2) is 11.5 Å². The molecule has 4 atom stereocenters. The van der Waals surface area contributed by atoms with Crippen molar-refractivity contribution in [1.82, 2.24) is 9.97 Å². The molecule has 2 bridgehead atoms. The lowest BCUT2D eigenvalue weighted by molar-refractivity contribution is 0.0698. The molecular formula is C26H27N5O2. The number of hydrogen-bond donors (Lipinski definition) is 2. The van der Waals surface area contributed by atoms with Gasteiger partial charge in [-0.05, 0) is 62.3 Å². The van der Waals surface area contributed by atoms with Crippen LogP contribution in [0.25, 0.3) is 11.0 Å². The fraction of sp³-hybridized carbons (Fsp3) is 0.385. The number of aromatic nitrogens is 2. The summed E-state index contributed by atoms with van der Waals surface area (Å²) in [7, 11) is 0. The van der Waals surface area contributed by atoms with E-state index < -0.39 is 5.97 Å². The molecule has 2 heterocycles. The van der Waals surface area contributed by atoms with E-state index in [1.54, 1.807) is 18.2 Å². The summed E-state index contributed by atoms with van der Waals surface area (Å²) in [6, 6.07) is 13.4. The zero-order chi connectivity index (χ0) is 23.3. The number of benzene rings is 2. The Hall–Kier alpha value is -3.66. The monoisotopic (exact) mass is 441 g/mol. The predicted octanol–water partition coefficient (Wildman–Crippen LogP) is 4.92. The third-order valence-electron chi connectivity index (χ3n) is 7.19. The van der Waals surface area contributed by atoms with Gasteiger partial charge in [-0.15, -0.1) is 0 Å². The van der Waals surface area contributed by atoms with Crippen molar-refractivity contribution in [2.24, 2.45) is 11.8 Å². The number of piperidine rings is 1. The quantitative estimate of drug-likeness (QED) is 0.579. The Balaban J connectivity index is 1.58. The van der Waals surface area contributed by atoms with E-state index >= 15 is 0 Å². The van der Waals surface area contributed by atoms with Crippen LogP contribution in [0.2, 0.25) is 0 Å². The minimum atomic E-state index is -0.974. The van der Waals surface area contributed by atoms with Crippen LogP contribution in [-0.2, 0) is 0 Å². The van der Waals surface area contributed by atoms with Crippen molar-refractivity contribution in [3.05, 3.63) is 58.8 Å². The molecule has 0 spiro atoms. The number of nitrogens with one attached hydrogen (secondary N) is 1. The Morgan fingerprint density at radius 2 is 2.06 bits per heavy atom. The first kappa shape index (κ1) is 21.2. The Kier molecular flexibility index (Phi) is 5.16. The number of carboxylic acid groups (broad SMARTS) is 1. The second-order valence-electron chi connectivity index (χ2n) is 9.46. The highest BCUT2D eigenvalue weighted by atomic mass is 16.4. The highest BCUT2D eigenvalue weighted by Gasteiger charge is 2.44. The zero-order valence-corrected chi connectivity index (χ0v) is 19.0. The predicted molar refractivity (Wildman–Crippen MR) is 127 cm³/mol. The van der Waals surface area contributed by atoms with Crippen molar-refractivity contribution < 1.29 is 9.90 Å². The number of carboxylic acids is 1. The molecule has 7 heteroatoms. The minimum absolute atomic E-state index is 0.210. The van der Waals surface area contributed by atoms with E-state index in [0.717, 1.165) is 36.0 Å². The molecule has 3 unspecified atom stereocenters. The molecule has 33 heavy (non-hydrogen) atoms. The van der Waals surface area contributed by atoms with E-state index in [9.17, 15) is 15.2 Å². The van der Waals surface area contributed by atoms with Crippen LogP contribution in [0.3, 0.4) is 0 Å². The van der Waals surface area contributed by atoms with Crippen molar-refractivity contribution in [2.45, 2.75) is 45.7 Å². The van der Waals surface area contributed by atoms with Crippen LogP contribution < -0.4 is 10.2 Å². The summed E-state index contributed by atoms with van der Waals surface area (Å²) in [5.41, 5.74) is 4.53. The summed E-state index contributed by atoms with van der Waals surface area (Å²) < 4.78 is 0. The Morgan fingerprint density at radius 3 is 2.73 bits per heavy atom. The summed E-state index contributed by atoms with van der Waals surface area (Å²) in [6.45, 7) is 7.21. The van der Waals surface area contributed by atoms with Crippen LogP contribution in [0.1, 0.15) is 59.9 Å². The summed E-state index contributed by atoms with van der Waals surface area (Å²) in [5.74, 6) is 1.05. The van der Waals surface area contributed by atoms with E-state index in [1.165, 1.54) is 0 Å². The molecule has 168 valence electrons. The van der Waals surface area contributed by atoms with Crippen molar-refractivity contribution in [3.8, 4) is 6.07 Å². The second-order valence-corrected chi connectivity index (χ2v) is 9.46. The number of rotatable bonds is 5. The molecule has 2 aromatic carbocycles. The van der Waals surface area contributed by atoms with Gasteiger partial charge in [0.05, 0.1) is 22.6 Å². The van der Waals surface area contributed by atoms with Gasteiger partial charge in [0.1, 0.15) is 6.07 Å². The number of para-hydroxylation sites is 1. The molecule has 2 N–H and O–H groups in total. The molecule has 7 nitrogen and oxygen atoms in total. The highest BCUT2D eigenvalue weighted by molar-refractivity contribution is 5.94. The lowest BCUT2D eigenvalue weighted by Gasteiger charge is -2.31. The fourth-order valence-electron chi connectivity index (χ4n) is 5.51. The van der Waals surface area contributed by atoms with E-state index in [0.29, 0.717) is 40.6 Å². The zero-order valence-electron chi connectivity index (χ0n) is 19.0. The van der Waals surface area contributed by atoms with Crippen LogP contribution in [0.4, 0.5) is 11.5 Å². The average molecular weight is 442 g/mol. The van der Waals surface area contributed by atoms with Crippen LogP contribution in [0, 0.1) is 30.1 Å². The molecule has 0 radical (unpaired) electrons. The van der Waals surface area contributed by atoms with Gasteiger partial charge in [0.25, 0.3) is 0 Å². The van der Waals surface area contributed by atoms with Gasteiger partial charge in [-0.2, -0.15) is 5.26 Å². The third kappa shape index (κ3) is 3.66. The number of hydrogen-bond acceptors (Lipinski definition) is 6. The lowest BCUT2D eigenvalue weighted by Crippen LogP contribution is -2.36. The van der Waals surface area contributed by atoms with Gasteiger partial charge in [-0.3, -0.25) is 0 Å². The largest absolute Gasteiger partial charge is 0.478 e. The molecule has 0 amide bonds. The molecule has 1 aliphatic carbocycles. The fourth-order valence-corrected chi connectivity index (χ4v) is 5.51. The summed E-state index contributed by atoms with van der Waals surface area (Å²) >= 11 is 0. The van der Waals surface area contributed by atoms with E-state index in [2.05, 4.69) is 29.3 Å². The third-order valence-corrected chi connectivity index (χ3v) is 7.19. The van der Waals surface area contributed by atoms with Gasteiger partial charge < -0.3 is 15.3 Å². The second kappa shape index (κ2) is 8.04. The normalized spacial score (nSPS) is 22.4. The van der Waals surface area contributed by atoms with Crippen molar-refractivity contribution >= 4 is 28.5 Å². The van der Waals surface area contributed by atoms with Gasteiger partial charge in [-0.25, -0.2) is 14.8 Å². The number of nitrogens with zero attached hydrogens (tertiary/aromatic N) is 4. The lowest BCUT2D eigenvalue weighted by atomic mass is 9.97. The number of anilines is 2. The van der Waals surface area contributed by atoms with Crippen LogP contribution >= 0.6 is 0 Å². The summed E-state index contributed by atoms with van der Waals surface area (Å²) in [5, 5.41) is 22.7. The van der Waals surface area contributed by atoms with Crippen molar-refractivity contribution in [3.63, 3.8) is 0 Å². The van der Waals surface area contributed by atoms with Gasteiger partial charge >= 0.3 is 5.97 Å². The maximum Gasteiger partial charge on any atom is 0.337 e. The molecule has 1 aromatic heterocycles. The van der Waals surface area contributed by atoms with Gasteiger partial charge in [0, 0.05) is 23.8 Å². The molecule has 3 aromatic rings. The van der Waals surface area contributed by atoms with E-state index in [1.807, 2.05) is 26.0 Å².